The van der Waals surface area contributed by atoms with Crippen LogP contribution in [0.25, 0.3) is 0 Å². The lowest BCUT2D eigenvalue weighted by Gasteiger charge is -2.42. The molecule has 2 atom stereocenters. The zero-order valence-corrected chi connectivity index (χ0v) is 11.4. The van der Waals surface area contributed by atoms with Gasteiger partial charge >= 0.3 is 0 Å². The molecule has 102 valence electrons. The molecule has 2 unspecified atom stereocenters. The SMILES string of the molecule is CC(CN)S(=O)(=O)N1CC(CO)OC(C)(C)C1. The summed E-state index contributed by atoms with van der Waals surface area (Å²) in [5.74, 6) is 0. The summed E-state index contributed by atoms with van der Waals surface area (Å²) in [5, 5.41) is 8.52. The number of hydrogen-bond acceptors (Lipinski definition) is 5. The third-order valence-electron chi connectivity index (χ3n) is 2.85. The van der Waals surface area contributed by atoms with Crippen LogP contribution < -0.4 is 5.73 Å². The minimum atomic E-state index is -3.41. The minimum absolute atomic E-state index is 0.0872. The van der Waals surface area contributed by atoms with Crippen LogP contribution in [0.3, 0.4) is 0 Å². The quantitative estimate of drug-likeness (QED) is 0.690. The van der Waals surface area contributed by atoms with E-state index in [1.165, 1.54) is 4.31 Å². The summed E-state index contributed by atoms with van der Waals surface area (Å²) in [4.78, 5) is 0. The Bertz CT molecular complexity index is 355. The van der Waals surface area contributed by atoms with Crippen LogP contribution in [0.2, 0.25) is 0 Å². The summed E-state index contributed by atoms with van der Waals surface area (Å²) in [7, 11) is -3.41. The van der Waals surface area contributed by atoms with E-state index in [0.717, 1.165) is 0 Å². The topological polar surface area (TPSA) is 92.9 Å². The third kappa shape index (κ3) is 3.38. The van der Waals surface area contributed by atoms with Crippen molar-refractivity contribution in [2.45, 2.75) is 37.7 Å². The van der Waals surface area contributed by atoms with E-state index in [9.17, 15) is 8.42 Å². The van der Waals surface area contributed by atoms with E-state index >= 15 is 0 Å². The lowest BCUT2D eigenvalue weighted by Crippen LogP contribution is -2.57. The van der Waals surface area contributed by atoms with E-state index in [2.05, 4.69) is 0 Å². The van der Waals surface area contributed by atoms with Crippen LogP contribution in [0.4, 0.5) is 0 Å². The highest BCUT2D eigenvalue weighted by Crippen LogP contribution is 2.24. The van der Waals surface area contributed by atoms with Gasteiger partial charge in [0.15, 0.2) is 0 Å². The third-order valence-corrected chi connectivity index (χ3v) is 5.06. The first-order valence-electron chi connectivity index (χ1n) is 5.70. The molecule has 0 aromatic carbocycles. The van der Waals surface area contributed by atoms with Crippen LogP contribution in [0.1, 0.15) is 20.8 Å². The van der Waals surface area contributed by atoms with Gasteiger partial charge < -0.3 is 15.6 Å². The minimum Gasteiger partial charge on any atom is -0.394 e. The molecule has 0 radical (unpaired) electrons. The second-order valence-electron chi connectivity index (χ2n) is 5.07. The molecule has 0 bridgehead atoms. The molecule has 0 aliphatic carbocycles. The van der Waals surface area contributed by atoms with Crippen molar-refractivity contribution in [3.8, 4) is 0 Å². The maximum absolute atomic E-state index is 12.2. The Balaban J connectivity index is 2.90. The molecule has 1 rings (SSSR count). The van der Waals surface area contributed by atoms with Crippen molar-refractivity contribution in [2.75, 3.05) is 26.2 Å². The van der Waals surface area contributed by atoms with Gasteiger partial charge in [0.1, 0.15) is 0 Å². The number of aliphatic hydroxyl groups excluding tert-OH is 1. The number of nitrogens with zero attached hydrogens (tertiary/aromatic N) is 1. The fraction of sp³-hybridized carbons (Fsp3) is 1.00. The number of ether oxygens (including phenoxy) is 1. The molecular formula is C10H22N2O4S. The zero-order chi connectivity index (χ0) is 13.3. The van der Waals surface area contributed by atoms with E-state index in [4.69, 9.17) is 15.6 Å². The fourth-order valence-electron chi connectivity index (χ4n) is 1.91. The lowest BCUT2D eigenvalue weighted by molar-refractivity contribution is -0.131. The molecule has 1 aliphatic heterocycles. The number of rotatable bonds is 4. The van der Waals surface area contributed by atoms with Crippen molar-refractivity contribution in [3.63, 3.8) is 0 Å². The van der Waals surface area contributed by atoms with Gasteiger partial charge in [0, 0.05) is 19.6 Å². The Morgan fingerprint density at radius 3 is 2.65 bits per heavy atom. The summed E-state index contributed by atoms with van der Waals surface area (Å²) in [6, 6.07) is 0. The molecule has 1 aliphatic rings. The van der Waals surface area contributed by atoms with Crippen LogP contribution in [-0.2, 0) is 14.8 Å². The molecule has 3 N–H and O–H groups in total. The predicted molar refractivity (Wildman–Crippen MR) is 65.0 cm³/mol. The van der Waals surface area contributed by atoms with Crippen molar-refractivity contribution in [3.05, 3.63) is 0 Å². The van der Waals surface area contributed by atoms with Gasteiger partial charge in [-0.2, -0.15) is 4.31 Å². The summed E-state index contributed by atoms with van der Waals surface area (Å²) < 4.78 is 31.3. The second-order valence-corrected chi connectivity index (χ2v) is 7.42. The molecule has 6 nitrogen and oxygen atoms in total. The van der Waals surface area contributed by atoms with Gasteiger partial charge in [0.2, 0.25) is 10.0 Å². The molecule has 0 aromatic heterocycles. The molecule has 7 heteroatoms. The first-order chi connectivity index (χ1) is 7.73. The van der Waals surface area contributed by atoms with Gasteiger partial charge in [-0.1, -0.05) is 0 Å². The highest BCUT2D eigenvalue weighted by atomic mass is 32.2. The Morgan fingerprint density at radius 1 is 1.59 bits per heavy atom. The Hall–Kier alpha value is -0.210. The van der Waals surface area contributed by atoms with Crippen LogP contribution in [0.5, 0.6) is 0 Å². The van der Waals surface area contributed by atoms with Crippen molar-refractivity contribution in [2.24, 2.45) is 5.73 Å². The van der Waals surface area contributed by atoms with Crippen LogP contribution in [-0.4, -0.2) is 61.0 Å². The largest absolute Gasteiger partial charge is 0.394 e. The van der Waals surface area contributed by atoms with E-state index in [1.54, 1.807) is 6.92 Å². The Kier molecular flexibility index (Phi) is 4.54. The van der Waals surface area contributed by atoms with E-state index in [1.807, 2.05) is 13.8 Å². The zero-order valence-electron chi connectivity index (χ0n) is 10.6. The number of aliphatic hydroxyl groups is 1. The van der Waals surface area contributed by atoms with Crippen LogP contribution in [0, 0.1) is 0 Å². The van der Waals surface area contributed by atoms with E-state index in [0.29, 0.717) is 0 Å². The monoisotopic (exact) mass is 266 g/mol. The summed E-state index contributed by atoms with van der Waals surface area (Å²) in [5.41, 5.74) is 4.82. The van der Waals surface area contributed by atoms with E-state index < -0.39 is 27.0 Å². The molecule has 0 amide bonds. The van der Waals surface area contributed by atoms with Crippen molar-refractivity contribution in [1.82, 2.24) is 4.31 Å². The van der Waals surface area contributed by atoms with Gasteiger partial charge in [-0.05, 0) is 20.8 Å². The van der Waals surface area contributed by atoms with Crippen molar-refractivity contribution < 1.29 is 18.3 Å². The molecule has 0 spiro atoms. The molecule has 0 aromatic rings. The smallest absolute Gasteiger partial charge is 0.218 e. The second kappa shape index (κ2) is 5.19. The number of sulfonamides is 1. The number of morpholine rings is 1. The van der Waals surface area contributed by atoms with Gasteiger partial charge in [-0.15, -0.1) is 0 Å². The molecule has 1 fully saturated rings. The van der Waals surface area contributed by atoms with E-state index in [-0.39, 0.29) is 26.2 Å². The number of hydrogen-bond donors (Lipinski definition) is 2. The Labute approximate surface area is 103 Å². The summed E-state index contributed by atoms with van der Waals surface area (Å²) in [6.45, 7) is 5.58. The lowest BCUT2D eigenvalue weighted by atomic mass is 10.1. The molecule has 1 heterocycles. The molecular weight excluding hydrogens is 244 g/mol. The van der Waals surface area contributed by atoms with Gasteiger partial charge in [0.25, 0.3) is 0 Å². The first-order valence-corrected chi connectivity index (χ1v) is 7.21. The summed E-state index contributed by atoms with van der Waals surface area (Å²) in [6.07, 6.45) is -0.474. The molecule has 17 heavy (non-hydrogen) atoms. The maximum Gasteiger partial charge on any atom is 0.218 e. The molecule has 0 saturated carbocycles. The standard InChI is InChI=1S/C10H22N2O4S/c1-8(4-11)17(14,15)12-5-9(6-13)16-10(2,3)7-12/h8-9,13H,4-7,11H2,1-3H3. The summed E-state index contributed by atoms with van der Waals surface area (Å²) >= 11 is 0. The molecule has 1 saturated heterocycles. The van der Waals surface area contributed by atoms with Crippen LogP contribution >= 0.6 is 0 Å². The van der Waals surface area contributed by atoms with Gasteiger partial charge in [0.05, 0.1) is 23.6 Å². The predicted octanol–water partition coefficient (Wildman–Crippen LogP) is -0.865. The van der Waals surface area contributed by atoms with Gasteiger partial charge in [-0.3, -0.25) is 0 Å². The van der Waals surface area contributed by atoms with Crippen molar-refractivity contribution >= 4 is 10.0 Å². The highest BCUT2D eigenvalue weighted by Gasteiger charge is 2.40. The van der Waals surface area contributed by atoms with Crippen molar-refractivity contribution in [1.29, 1.82) is 0 Å². The van der Waals surface area contributed by atoms with Crippen LogP contribution in [0.15, 0.2) is 0 Å². The fourth-order valence-corrected chi connectivity index (χ4v) is 3.52. The first kappa shape index (κ1) is 14.8. The normalized spacial score (nSPS) is 27.9. The Morgan fingerprint density at radius 2 is 2.18 bits per heavy atom. The highest BCUT2D eigenvalue weighted by molar-refractivity contribution is 7.89. The maximum atomic E-state index is 12.2. The average molecular weight is 266 g/mol. The number of nitrogens with two attached hydrogens (primary N) is 1. The average Bonchev–Trinajstić information content (AvgIpc) is 2.25. The van der Waals surface area contributed by atoms with Gasteiger partial charge in [-0.25, -0.2) is 8.42 Å².